The van der Waals surface area contributed by atoms with Crippen LogP contribution >= 0.6 is 46.4 Å². The van der Waals surface area contributed by atoms with Gasteiger partial charge in [0.05, 0.1) is 32.7 Å². The number of nitrogens with two attached hydrogens (primary N) is 2. The van der Waals surface area contributed by atoms with E-state index in [9.17, 15) is 4.79 Å². The smallest absolute Gasteiger partial charge is 1.00 e. The number of carbonyl (C=O) groups is 1. The zero-order valence-corrected chi connectivity index (χ0v) is 20.1. The van der Waals surface area contributed by atoms with Crippen LogP contribution in [0.1, 0.15) is 37.5 Å². The summed E-state index contributed by atoms with van der Waals surface area (Å²) >= 11 is 22.8. The molecule has 0 amide bonds. The van der Waals surface area contributed by atoms with E-state index in [0.717, 1.165) is 18.8 Å². The Bertz CT molecular complexity index is 831. The third kappa shape index (κ3) is 12.5. The minimum absolute atomic E-state index is 0. The predicted octanol–water partition coefficient (Wildman–Crippen LogP) is 0.793. The fourth-order valence-corrected chi connectivity index (χ4v) is 2.82. The number of carboxylic acid groups (broad SMARTS) is 1. The van der Waals surface area contributed by atoms with Gasteiger partial charge >= 0.3 is 24.8 Å². The average molecular weight is 536 g/mol. The van der Waals surface area contributed by atoms with E-state index in [0.29, 0.717) is 25.7 Å². The molecule has 3 rings (SSSR count). The fourth-order valence-electron chi connectivity index (χ4n) is 2.21. The van der Waals surface area contributed by atoms with Crippen molar-refractivity contribution in [3.63, 3.8) is 0 Å². The van der Waals surface area contributed by atoms with Gasteiger partial charge in [0, 0.05) is 13.2 Å². The Kier molecular flexibility index (Phi) is 19.6. The van der Waals surface area contributed by atoms with Crippen molar-refractivity contribution in [3.8, 4) is 0 Å². The van der Waals surface area contributed by atoms with Gasteiger partial charge in [-0.1, -0.05) is 58.5 Å². The molecule has 12 heteroatoms. The van der Waals surface area contributed by atoms with Gasteiger partial charge in [0.15, 0.2) is 17.4 Å². The topological polar surface area (TPSA) is 119 Å². The van der Waals surface area contributed by atoms with Gasteiger partial charge in [-0.25, -0.2) is 0 Å². The van der Waals surface area contributed by atoms with Gasteiger partial charge in [-0.15, -0.1) is 0 Å². The molecule has 1 fully saturated rings. The summed E-state index contributed by atoms with van der Waals surface area (Å²) in [7, 11) is 0. The largest absolute Gasteiger partial charge is 1.00 e. The Hall–Kier alpha value is 0.0399. The first-order chi connectivity index (χ1) is 14.2. The Balaban J connectivity index is -0.000000420. The number of aliphatic hydroxyl groups is 1. The second kappa shape index (κ2) is 18.4. The number of hydrogen-bond donors (Lipinski definition) is 4. The summed E-state index contributed by atoms with van der Waals surface area (Å²) in [5.74, 6) is -1.10. The minimum Gasteiger partial charge on any atom is -1.00 e. The molecule has 1 aliphatic rings. The Labute approximate surface area is 232 Å². The molecule has 2 atom stereocenters. The van der Waals surface area contributed by atoms with Crippen molar-refractivity contribution < 1.29 is 40.0 Å². The van der Waals surface area contributed by atoms with Gasteiger partial charge in [-0.05, 0) is 48.2 Å². The normalized spacial score (nSPS) is 13.7. The van der Waals surface area contributed by atoms with Crippen LogP contribution in [-0.2, 0) is 9.53 Å². The van der Waals surface area contributed by atoms with Crippen molar-refractivity contribution in [2.45, 2.75) is 24.9 Å². The summed E-state index contributed by atoms with van der Waals surface area (Å²) in [4.78, 5) is 10.5. The van der Waals surface area contributed by atoms with E-state index in [2.05, 4.69) is 0 Å². The molecule has 2 aromatic rings. The van der Waals surface area contributed by atoms with Gasteiger partial charge in [0.1, 0.15) is 6.04 Å². The van der Waals surface area contributed by atoms with Gasteiger partial charge in [-0.2, -0.15) is 0 Å². The molecule has 0 saturated carbocycles. The summed E-state index contributed by atoms with van der Waals surface area (Å²) in [6.07, 6.45) is 2.56. The number of benzene rings is 2. The maximum atomic E-state index is 10.5. The molecular weight excluding hydrogens is 508 g/mol. The number of aliphatic hydroxyl groups excluding tert-OH is 1. The molecule has 2 aromatic carbocycles. The molecule has 174 valence electrons. The maximum absolute atomic E-state index is 10.5. The van der Waals surface area contributed by atoms with E-state index in [4.69, 9.17) is 72.8 Å². The van der Waals surface area contributed by atoms with Gasteiger partial charge in [0.2, 0.25) is 0 Å². The van der Waals surface area contributed by atoms with Crippen molar-refractivity contribution in [1.82, 2.24) is 0 Å². The van der Waals surface area contributed by atoms with Crippen LogP contribution in [0.25, 0.3) is 0 Å². The Morgan fingerprint density at radius 1 is 0.938 bits per heavy atom. The van der Waals surface area contributed by atoms with Crippen LogP contribution in [0, 0.1) is 0 Å². The Morgan fingerprint density at radius 2 is 1.38 bits per heavy atom. The quantitative estimate of drug-likeness (QED) is 0.430. The predicted molar refractivity (Wildman–Crippen MR) is 133 cm³/mol. The molecule has 1 saturated heterocycles. The molecule has 0 aliphatic carbocycles. The third-order valence-electron chi connectivity index (χ3n) is 3.96. The number of carboxylic acids is 1. The van der Waals surface area contributed by atoms with Crippen LogP contribution in [0.4, 0.5) is 0 Å². The molecule has 0 unspecified atom stereocenters. The van der Waals surface area contributed by atoms with Crippen molar-refractivity contribution >= 4 is 69.7 Å². The summed E-state index contributed by atoms with van der Waals surface area (Å²) in [5.41, 5.74) is 12.1. The zero-order valence-electron chi connectivity index (χ0n) is 18.0. The van der Waals surface area contributed by atoms with E-state index in [1.165, 1.54) is 31.0 Å². The average Bonchev–Trinajstić information content (AvgIpc) is 3.31. The molecule has 6 N–H and O–H groups in total. The Morgan fingerprint density at radius 3 is 1.72 bits per heavy atom. The maximum Gasteiger partial charge on any atom is 1.00 e. The monoisotopic (exact) mass is 534 g/mol. The first kappa shape index (κ1) is 34.2. The van der Waals surface area contributed by atoms with Crippen LogP contribution in [-0.4, -0.2) is 53.4 Å². The standard InChI is InChI=1S/C8H7Cl2NO2.C8H9Cl2NO.C4H8O.Al.Li.4H/c9-5-2-1-4(3-6(5)10)7(11)8(12)13;9-6-2-1-5(3-7(6)10)8(11)4-12;1-2-4-5-3-1;;;;;;/h1-3,7H,11H2,(H,12,13);1-3,8,12H,4,11H2;1-4H2;;;;;;/q;;;;+1;;;;-1/t7-;8-;;;;;;;/m01......./s1. The second-order valence-corrected chi connectivity index (χ2v) is 7.90. The van der Waals surface area contributed by atoms with Crippen LogP contribution in [0.5, 0.6) is 0 Å². The molecule has 6 nitrogen and oxygen atoms in total. The third-order valence-corrected chi connectivity index (χ3v) is 5.44. The fraction of sp³-hybridized carbons (Fsp3) is 0.350. The molecule has 32 heavy (non-hydrogen) atoms. The first-order valence-electron chi connectivity index (χ1n) is 8.99. The van der Waals surface area contributed by atoms with Crippen molar-refractivity contribution in [2.75, 3.05) is 19.8 Å². The molecular formula is C20H28AlCl4LiN2O4. The van der Waals surface area contributed by atoms with Crippen molar-refractivity contribution in [2.24, 2.45) is 11.5 Å². The van der Waals surface area contributed by atoms with Crippen LogP contribution in [0.3, 0.4) is 0 Å². The zero-order chi connectivity index (χ0) is 22.7. The van der Waals surface area contributed by atoms with E-state index in [1.54, 1.807) is 18.2 Å². The molecule has 0 radical (unpaired) electrons. The number of halogens is 4. The van der Waals surface area contributed by atoms with E-state index < -0.39 is 12.0 Å². The first-order valence-corrected chi connectivity index (χ1v) is 10.5. The number of aliphatic carboxylic acids is 1. The van der Waals surface area contributed by atoms with E-state index in [-0.39, 0.29) is 50.3 Å². The molecule has 1 aliphatic heterocycles. The molecule has 1 heterocycles. The van der Waals surface area contributed by atoms with Crippen LogP contribution in [0.2, 0.25) is 20.1 Å². The number of rotatable bonds is 4. The van der Waals surface area contributed by atoms with Crippen molar-refractivity contribution in [1.29, 1.82) is 0 Å². The van der Waals surface area contributed by atoms with Gasteiger partial charge < -0.3 is 27.8 Å². The summed E-state index contributed by atoms with van der Waals surface area (Å²) in [5, 5.41) is 19.0. The number of ether oxygens (including phenoxy) is 1. The second-order valence-electron chi connectivity index (χ2n) is 6.27. The number of hydrogen-bond acceptors (Lipinski definition) is 5. The van der Waals surface area contributed by atoms with Gasteiger partial charge in [0.25, 0.3) is 0 Å². The van der Waals surface area contributed by atoms with E-state index >= 15 is 0 Å². The molecule has 0 aromatic heterocycles. The summed E-state index contributed by atoms with van der Waals surface area (Å²) in [6, 6.07) is 8.11. The minimum atomic E-state index is -1.10. The summed E-state index contributed by atoms with van der Waals surface area (Å²) in [6.45, 7) is 1.90. The van der Waals surface area contributed by atoms with Gasteiger partial charge in [-0.3, -0.25) is 4.79 Å². The SMILES string of the molecule is C1CCOC1.N[C@H](C(=O)O)c1ccc(Cl)c(Cl)c1.N[C@H](CO)c1ccc(Cl)c(Cl)c1.[AlH3].[H-].[Li+]. The summed E-state index contributed by atoms with van der Waals surface area (Å²) < 4.78 is 4.94. The van der Waals surface area contributed by atoms with Crippen LogP contribution in [0.15, 0.2) is 36.4 Å². The van der Waals surface area contributed by atoms with E-state index in [1.807, 2.05) is 0 Å². The molecule has 0 bridgehead atoms. The molecule has 0 spiro atoms. The van der Waals surface area contributed by atoms with Crippen LogP contribution < -0.4 is 30.3 Å². The van der Waals surface area contributed by atoms with Crippen molar-refractivity contribution in [3.05, 3.63) is 67.6 Å².